The second-order valence-corrected chi connectivity index (χ2v) is 5.66. The Hall–Kier alpha value is -3.16. The van der Waals surface area contributed by atoms with Gasteiger partial charge >= 0.3 is 12.1 Å². The van der Waals surface area contributed by atoms with Crippen LogP contribution in [-0.4, -0.2) is 24.9 Å². The van der Waals surface area contributed by atoms with Gasteiger partial charge in [0.2, 0.25) is 0 Å². The molecular weight excluding hydrogens is 351 g/mol. The number of amides is 2. The van der Waals surface area contributed by atoms with E-state index in [0.29, 0.717) is 11.0 Å². The highest BCUT2D eigenvalue weighted by molar-refractivity contribution is 6.35. The van der Waals surface area contributed by atoms with E-state index in [1.54, 1.807) is 0 Å². The third-order valence-electron chi connectivity index (χ3n) is 4.09. The number of alkyl halides is 3. The van der Waals surface area contributed by atoms with E-state index >= 15 is 0 Å². The molecule has 0 fully saturated rings. The summed E-state index contributed by atoms with van der Waals surface area (Å²) >= 11 is 0. The summed E-state index contributed by atoms with van der Waals surface area (Å²) in [5, 5.41) is 0. The molecule has 0 saturated carbocycles. The van der Waals surface area contributed by atoms with Crippen LogP contribution in [0.15, 0.2) is 36.4 Å². The maximum absolute atomic E-state index is 13.3. The van der Waals surface area contributed by atoms with Crippen molar-refractivity contribution >= 4 is 23.5 Å². The Bertz CT molecular complexity index is 915. The highest BCUT2D eigenvalue weighted by Gasteiger charge is 2.41. The van der Waals surface area contributed by atoms with Crippen molar-refractivity contribution in [1.29, 1.82) is 0 Å². The molecule has 2 aromatic rings. The number of aryl methyl sites for hydroxylation is 1. The zero-order valence-electron chi connectivity index (χ0n) is 13.7. The van der Waals surface area contributed by atoms with Crippen molar-refractivity contribution in [1.82, 2.24) is 0 Å². The molecule has 0 aromatic heterocycles. The third kappa shape index (κ3) is 2.63. The van der Waals surface area contributed by atoms with Crippen molar-refractivity contribution in [2.45, 2.75) is 13.1 Å². The van der Waals surface area contributed by atoms with E-state index in [4.69, 9.17) is 0 Å². The number of carbonyl (C=O) groups is 3. The van der Waals surface area contributed by atoms with E-state index < -0.39 is 35.2 Å². The first-order chi connectivity index (χ1) is 12.2. The SMILES string of the molecule is COC(=O)c1cc(C)c(C(F)(F)F)cc1N1C(=O)c2ccccc2C1=O. The lowest BCUT2D eigenvalue weighted by atomic mass is 10.0. The highest BCUT2D eigenvalue weighted by Crippen LogP contribution is 2.38. The monoisotopic (exact) mass is 363 g/mol. The van der Waals surface area contributed by atoms with Crippen molar-refractivity contribution in [2.24, 2.45) is 0 Å². The van der Waals surface area contributed by atoms with Crippen molar-refractivity contribution in [3.63, 3.8) is 0 Å². The molecule has 8 heteroatoms. The summed E-state index contributed by atoms with van der Waals surface area (Å²) in [6.07, 6.45) is -4.72. The molecule has 0 atom stereocenters. The fourth-order valence-electron chi connectivity index (χ4n) is 2.87. The fourth-order valence-corrected chi connectivity index (χ4v) is 2.87. The van der Waals surface area contributed by atoms with Gasteiger partial charge in [0.25, 0.3) is 11.8 Å². The number of hydrogen-bond donors (Lipinski definition) is 0. The molecular formula is C18H12F3NO4. The number of fused-ring (bicyclic) bond motifs is 1. The summed E-state index contributed by atoms with van der Waals surface area (Å²) in [6.45, 7) is 1.18. The lowest BCUT2D eigenvalue weighted by Crippen LogP contribution is -2.31. The summed E-state index contributed by atoms with van der Waals surface area (Å²) in [5.41, 5.74) is -1.91. The largest absolute Gasteiger partial charge is 0.465 e. The van der Waals surface area contributed by atoms with Crippen LogP contribution in [0, 0.1) is 6.92 Å². The van der Waals surface area contributed by atoms with Crippen molar-refractivity contribution in [2.75, 3.05) is 12.0 Å². The number of hydrogen-bond acceptors (Lipinski definition) is 4. The molecule has 0 aliphatic carbocycles. The molecule has 26 heavy (non-hydrogen) atoms. The van der Waals surface area contributed by atoms with Gasteiger partial charge < -0.3 is 4.74 Å². The average molecular weight is 363 g/mol. The van der Waals surface area contributed by atoms with Crippen LogP contribution < -0.4 is 4.90 Å². The zero-order chi connectivity index (χ0) is 19.2. The summed E-state index contributed by atoms with van der Waals surface area (Å²) in [5.74, 6) is -2.55. The van der Waals surface area contributed by atoms with Gasteiger partial charge in [0.1, 0.15) is 0 Å². The van der Waals surface area contributed by atoms with Crippen LogP contribution in [0.2, 0.25) is 0 Å². The van der Waals surface area contributed by atoms with Crippen LogP contribution in [-0.2, 0) is 10.9 Å². The van der Waals surface area contributed by atoms with E-state index in [2.05, 4.69) is 4.74 Å². The molecule has 2 aromatic carbocycles. The minimum Gasteiger partial charge on any atom is -0.465 e. The number of methoxy groups -OCH3 is 1. The van der Waals surface area contributed by atoms with E-state index in [1.165, 1.54) is 31.2 Å². The number of carbonyl (C=O) groups excluding carboxylic acids is 3. The van der Waals surface area contributed by atoms with E-state index in [0.717, 1.165) is 13.2 Å². The van der Waals surface area contributed by atoms with Gasteiger partial charge in [-0.25, -0.2) is 9.69 Å². The molecule has 5 nitrogen and oxygen atoms in total. The number of ether oxygens (including phenoxy) is 1. The first-order valence-electron chi connectivity index (χ1n) is 7.44. The number of anilines is 1. The molecule has 0 saturated heterocycles. The Morgan fingerprint density at radius 1 is 1.04 bits per heavy atom. The lowest BCUT2D eigenvalue weighted by molar-refractivity contribution is -0.138. The van der Waals surface area contributed by atoms with Gasteiger partial charge in [-0.05, 0) is 36.8 Å². The standard InChI is InChI=1S/C18H12F3NO4/c1-9-7-12(17(25)26-2)14(8-13(9)18(19,20)21)22-15(23)10-5-3-4-6-11(10)16(22)24/h3-8H,1-2H3. The van der Waals surface area contributed by atoms with E-state index in [9.17, 15) is 27.6 Å². The smallest absolute Gasteiger partial charge is 0.416 e. The third-order valence-corrected chi connectivity index (χ3v) is 4.09. The second-order valence-electron chi connectivity index (χ2n) is 5.66. The van der Waals surface area contributed by atoms with Crippen molar-refractivity contribution in [3.05, 3.63) is 64.2 Å². The van der Waals surface area contributed by atoms with Crippen molar-refractivity contribution < 1.29 is 32.3 Å². The van der Waals surface area contributed by atoms with Crippen LogP contribution in [0.1, 0.15) is 42.2 Å². The average Bonchev–Trinajstić information content (AvgIpc) is 2.84. The molecule has 0 radical (unpaired) electrons. The zero-order valence-corrected chi connectivity index (χ0v) is 13.7. The minimum absolute atomic E-state index is 0.0578. The normalized spacial score (nSPS) is 13.8. The Labute approximate surface area is 146 Å². The molecule has 134 valence electrons. The van der Waals surface area contributed by atoms with Gasteiger partial charge in [-0.1, -0.05) is 12.1 Å². The molecule has 0 spiro atoms. The van der Waals surface area contributed by atoms with Crippen molar-refractivity contribution in [3.8, 4) is 0 Å². The summed E-state index contributed by atoms with van der Waals surface area (Å²) in [6, 6.07) is 7.45. The van der Waals surface area contributed by atoms with Crippen LogP contribution >= 0.6 is 0 Å². The fraction of sp³-hybridized carbons (Fsp3) is 0.167. The predicted octanol–water partition coefficient (Wildman–Crippen LogP) is 3.60. The molecule has 1 aliphatic heterocycles. The Kier molecular flexibility index (Phi) is 4.06. The molecule has 2 amide bonds. The number of esters is 1. The maximum atomic E-state index is 13.3. The molecule has 3 rings (SSSR count). The maximum Gasteiger partial charge on any atom is 0.416 e. The molecule has 1 heterocycles. The first kappa shape index (κ1) is 17.7. The van der Waals surface area contributed by atoms with Gasteiger partial charge in [0.05, 0.1) is 35.1 Å². The number of rotatable bonds is 2. The molecule has 1 aliphatic rings. The number of benzene rings is 2. The summed E-state index contributed by atoms with van der Waals surface area (Å²) in [4.78, 5) is 37.8. The quantitative estimate of drug-likeness (QED) is 0.604. The van der Waals surface area contributed by atoms with Crippen LogP contribution in [0.25, 0.3) is 0 Å². The van der Waals surface area contributed by atoms with Gasteiger partial charge in [0, 0.05) is 0 Å². The Morgan fingerprint density at radius 2 is 1.58 bits per heavy atom. The van der Waals surface area contributed by atoms with Gasteiger partial charge in [0.15, 0.2) is 0 Å². The second kappa shape index (κ2) is 5.98. The first-order valence-corrected chi connectivity index (χ1v) is 7.44. The molecule has 0 bridgehead atoms. The molecule has 0 unspecified atom stereocenters. The van der Waals surface area contributed by atoms with Gasteiger partial charge in [-0.15, -0.1) is 0 Å². The minimum atomic E-state index is -4.72. The summed E-state index contributed by atoms with van der Waals surface area (Å²) < 4.78 is 44.4. The predicted molar refractivity (Wildman–Crippen MR) is 85.1 cm³/mol. The number of nitrogens with zero attached hydrogens (tertiary/aromatic N) is 1. The summed E-state index contributed by atoms with van der Waals surface area (Å²) in [7, 11) is 1.06. The van der Waals surface area contributed by atoms with Gasteiger partial charge in [-0.2, -0.15) is 13.2 Å². The van der Waals surface area contributed by atoms with Gasteiger partial charge in [-0.3, -0.25) is 9.59 Å². The molecule has 0 N–H and O–H groups in total. The van der Waals surface area contributed by atoms with E-state index in [1.807, 2.05) is 0 Å². The van der Waals surface area contributed by atoms with Crippen LogP contribution in [0.4, 0.5) is 18.9 Å². The highest BCUT2D eigenvalue weighted by atomic mass is 19.4. The van der Waals surface area contributed by atoms with Crippen LogP contribution in [0.5, 0.6) is 0 Å². The lowest BCUT2D eigenvalue weighted by Gasteiger charge is -2.20. The Balaban J connectivity index is 2.26. The number of imide groups is 1. The van der Waals surface area contributed by atoms with E-state index in [-0.39, 0.29) is 22.3 Å². The number of halogens is 3. The van der Waals surface area contributed by atoms with Crippen LogP contribution in [0.3, 0.4) is 0 Å². The topological polar surface area (TPSA) is 63.7 Å². The Morgan fingerprint density at radius 3 is 2.04 bits per heavy atom.